The Hall–Kier alpha value is -1.46. The second kappa shape index (κ2) is 4.82. The van der Waals surface area contributed by atoms with Gasteiger partial charge >= 0.3 is 0 Å². The maximum absolute atomic E-state index is 4.43. The van der Waals surface area contributed by atoms with E-state index >= 15 is 0 Å². The highest BCUT2D eigenvalue weighted by atomic mass is 15.2. The highest BCUT2D eigenvalue weighted by Gasteiger charge is 2.38. The van der Waals surface area contributed by atoms with Crippen molar-refractivity contribution in [3.05, 3.63) is 30.5 Å². The van der Waals surface area contributed by atoms with Gasteiger partial charge in [-0.1, -0.05) is 0 Å². The van der Waals surface area contributed by atoms with E-state index in [4.69, 9.17) is 0 Å². The molecule has 2 aromatic rings. The zero-order chi connectivity index (χ0) is 13.4. The molecule has 0 atom stereocenters. The molecule has 5 heteroatoms. The summed E-state index contributed by atoms with van der Waals surface area (Å²) in [5, 5.41) is 3.48. The van der Waals surface area contributed by atoms with E-state index in [0.717, 1.165) is 12.2 Å². The highest BCUT2D eigenvalue weighted by molar-refractivity contribution is 5.36. The van der Waals surface area contributed by atoms with Crippen LogP contribution in [0.4, 0.5) is 0 Å². The quantitative estimate of drug-likeness (QED) is 0.894. The van der Waals surface area contributed by atoms with Crippen molar-refractivity contribution in [3.8, 4) is 0 Å². The molecule has 2 aliphatic heterocycles. The number of hydrogen-bond donors (Lipinski definition) is 1. The lowest BCUT2D eigenvalue weighted by atomic mass is 9.78. The van der Waals surface area contributed by atoms with E-state index < -0.39 is 0 Å². The summed E-state index contributed by atoms with van der Waals surface area (Å²) in [4.78, 5) is 11.1. The van der Waals surface area contributed by atoms with E-state index in [1.807, 2.05) is 24.8 Å². The Labute approximate surface area is 119 Å². The van der Waals surface area contributed by atoms with Crippen molar-refractivity contribution in [1.82, 2.24) is 24.6 Å². The van der Waals surface area contributed by atoms with Crippen molar-refractivity contribution in [2.45, 2.75) is 25.8 Å². The van der Waals surface area contributed by atoms with Crippen LogP contribution in [-0.2, 0) is 6.54 Å². The second-order valence-electron chi connectivity index (χ2n) is 6.26. The molecule has 0 aliphatic carbocycles. The first-order valence-corrected chi connectivity index (χ1v) is 7.54. The topological polar surface area (TPSA) is 45.5 Å². The van der Waals surface area contributed by atoms with Gasteiger partial charge in [-0.05, 0) is 44.3 Å². The minimum absolute atomic E-state index is 0.577. The Morgan fingerprint density at radius 1 is 1.20 bits per heavy atom. The molecule has 0 amide bonds. The van der Waals surface area contributed by atoms with Gasteiger partial charge in [0.2, 0.25) is 0 Å². The summed E-state index contributed by atoms with van der Waals surface area (Å²) in [6, 6.07) is 0. The standard InChI is InChI=1S/C15H21N5/c1-4-16-5-2-15(1)3-7-19(12-15)11-13-9-18-14-10-17-6-8-20(13)14/h6,8-10,16H,1-5,7,11-12H2. The molecule has 4 heterocycles. The van der Waals surface area contributed by atoms with Crippen LogP contribution in [0.15, 0.2) is 24.8 Å². The summed E-state index contributed by atoms with van der Waals surface area (Å²) < 4.78 is 2.15. The molecule has 1 N–H and O–H groups in total. The lowest BCUT2D eigenvalue weighted by Gasteiger charge is -2.33. The van der Waals surface area contributed by atoms with Crippen molar-refractivity contribution in [3.63, 3.8) is 0 Å². The summed E-state index contributed by atoms with van der Waals surface area (Å²) in [5.41, 5.74) is 2.79. The number of likely N-dealkylation sites (tertiary alicyclic amines) is 1. The molecule has 2 aromatic heterocycles. The van der Waals surface area contributed by atoms with E-state index in [0.29, 0.717) is 5.41 Å². The Kier molecular flexibility index (Phi) is 2.97. The number of hydrogen-bond acceptors (Lipinski definition) is 4. The van der Waals surface area contributed by atoms with Crippen molar-refractivity contribution < 1.29 is 0 Å². The van der Waals surface area contributed by atoms with Gasteiger partial charge in [-0.15, -0.1) is 0 Å². The summed E-state index contributed by atoms with van der Waals surface area (Å²) in [5.74, 6) is 0. The largest absolute Gasteiger partial charge is 0.317 e. The van der Waals surface area contributed by atoms with Gasteiger partial charge in [-0.3, -0.25) is 14.3 Å². The molecule has 0 radical (unpaired) electrons. The summed E-state index contributed by atoms with van der Waals surface area (Å²) in [7, 11) is 0. The van der Waals surface area contributed by atoms with Crippen LogP contribution < -0.4 is 5.32 Å². The molecule has 2 fully saturated rings. The van der Waals surface area contributed by atoms with Crippen molar-refractivity contribution >= 4 is 5.65 Å². The first-order valence-electron chi connectivity index (χ1n) is 7.54. The fourth-order valence-electron chi connectivity index (χ4n) is 3.77. The Balaban J connectivity index is 1.50. The average molecular weight is 271 g/mol. The Morgan fingerprint density at radius 2 is 2.10 bits per heavy atom. The third-order valence-electron chi connectivity index (χ3n) is 4.96. The van der Waals surface area contributed by atoms with Crippen molar-refractivity contribution in [2.75, 3.05) is 26.2 Å². The van der Waals surface area contributed by atoms with Gasteiger partial charge < -0.3 is 5.32 Å². The lowest BCUT2D eigenvalue weighted by molar-refractivity contribution is 0.193. The normalized spacial score (nSPS) is 22.8. The van der Waals surface area contributed by atoms with Gasteiger partial charge in [-0.25, -0.2) is 4.98 Å². The molecule has 0 saturated carbocycles. The zero-order valence-corrected chi connectivity index (χ0v) is 11.8. The summed E-state index contributed by atoms with van der Waals surface area (Å²) >= 11 is 0. The number of nitrogens with zero attached hydrogens (tertiary/aromatic N) is 4. The van der Waals surface area contributed by atoms with Crippen LogP contribution in [0.5, 0.6) is 0 Å². The smallest absolute Gasteiger partial charge is 0.155 e. The van der Waals surface area contributed by atoms with Gasteiger partial charge in [0.15, 0.2) is 5.65 Å². The van der Waals surface area contributed by atoms with Crippen molar-refractivity contribution in [2.24, 2.45) is 5.41 Å². The highest BCUT2D eigenvalue weighted by Crippen LogP contribution is 2.38. The minimum atomic E-state index is 0.577. The van der Waals surface area contributed by atoms with Gasteiger partial charge in [0.1, 0.15) is 0 Å². The molecule has 2 saturated heterocycles. The predicted octanol–water partition coefficient (Wildman–Crippen LogP) is 1.30. The number of rotatable bonds is 2. The molecular formula is C15H21N5. The molecular weight excluding hydrogens is 250 g/mol. The van der Waals surface area contributed by atoms with Gasteiger partial charge in [0.25, 0.3) is 0 Å². The van der Waals surface area contributed by atoms with Gasteiger partial charge in [-0.2, -0.15) is 0 Å². The lowest BCUT2D eigenvalue weighted by Crippen LogP contribution is -2.38. The first kappa shape index (κ1) is 12.3. The molecule has 0 bridgehead atoms. The molecule has 2 aliphatic rings. The summed E-state index contributed by atoms with van der Waals surface area (Å²) in [6.07, 6.45) is 11.7. The first-order chi connectivity index (χ1) is 9.85. The van der Waals surface area contributed by atoms with Crippen molar-refractivity contribution in [1.29, 1.82) is 0 Å². The Bertz CT molecular complexity index is 599. The maximum Gasteiger partial charge on any atom is 0.155 e. The molecule has 5 nitrogen and oxygen atoms in total. The van der Waals surface area contributed by atoms with Crippen LogP contribution in [0, 0.1) is 5.41 Å². The van der Waals surface area contributed by atoms with E-state index in [9.17, 15) is 0 Å². The van der Waals surface area contributed by atoms with E-state index in [1.54, 1.807) is 0 Å². The minimum Gasteiger partial charge on any atom is -0.317 e. The molecule has 20 heavy (non-hydrogen) atoms. The number of piperidine rings is 1. The van der Waals surface area contributed by atoms with E-state index in [2.05, 4.69) is 24.6 Å². The fraction of sp³-hybridized carbons (Fsp3) is 0.600. The van der Waals surface area contributed by atoms with Crippen LogP contribution in [0.3, 0.4) is 0 Å². The average Bonchev–Trinajstić information content (AvgIpc) is 3.06. The van der Waals surface area contributed by atoms with Crippen LogP contribution in [0.1, 0.15) is 25.0 Å². The molecule has 0 unspecified atom stereocenters. The monoisotopic (exact) mass is 271 g/mol. The van der Waals surface area contributed by atoms with Crippen LogP contribution in [0.2, 0.25) is 0 Å². The molecule has 4 rings (SSSR count). The van der Waals surface area contributed by atoms with E-state index in [1.165, 1.54) is 51.1 Å². The SMILES string of the molecule is c1cn2c(CN3CCC4(CCNCC4)C3)cnc2cn1. The molecule has 1 spiro atoms. The third-order valence-corrected chi connectivity index (χ3v) is 4.96. The zero-order valence-electron chi connectivity index (χ0n) is 11.8. The fourth-order valence-corrected chi connectivity index (χ4v) is 3.77. The molecule has 0 aromatic carbocycles. The maximum atomic E-state index is 4.43. The number of fused-ring (bicyclic) bond motifs is 1. The predicted molar refractivity (Wildman–Crippen MR) is 77.4 cm³/mol. The second-order valence-corrected chi connectivity index (χ2v) is 6.26. The van der Waals surface area contributed by atoms with Crippen LogP contribution in [-0.4, -0.2) is 45.4 Å². The van der Waals surface area contributed by atoms with Crippen LogP contribution in [0.25, 0.3) is 5.65 Å². The number of imidazole rings is 1. The summed E-state index contributed by atoms with van der Waals surface area (Å²) in [6.45, 7) is 5.84. The Morgan fingerprint density at radius 3 is 3.00 bits per heavy atom. The van der Waals surface area contributed by atoms with Gasteiger partial charge in [0.05, 0.1) is 18.1 Å². The van der Waals surface area contributed by atoms with Gasteiger partial charge in [0, 0.05) is 25.5 Å². The molecule has 106 valence electrons. The number of aromatic nitrogens is 3. The van der Waals surface area contributed by atoms with E-state index in [-0.39, 0.29) is 0 Å². The number of nitrogens with one attached hydrogen (secondary N) is 1. The third kappa shape index (κ3) is 2.11. The van der Waals surface area contributed by atoms with Crippen LogP contribution >= 0.6 is 0 Å².